The second kappa shape index (κ2) is 6.17. The van der Waals surface area contributed by atoms with Gasteiger partial charge in [-0.1, -0.05) is 0 Å². The number of anilines is 1. The van der Waals surface area contributed by atoms with Crippen LogP contribution in [0.2, 0.25) is 0 Å². The molecule has 0 saturated heterocycles. The fraction of sp³-hybridized carbons (Fsp3) is 0.214. The van der Waals surface area contributed by atoms with Crippen LogP contribution in [0.3, 0.4) is 0 Å². The van der Waals surface area contributed by atoms with Crippen molar-refractivity contribution < 1.29 is 4.79 Å². The normalized spacial score (nSPS) is 10.6. The summed E-state index contributed by atoms with van der Waals surface area (Å²) < 4.78 is 1.89. The molecule has 3 heterocycles. The van der Waals surface area contributed by atoms with Crippen LogP contribution in [0.4, 0.5) is 5.95 Å². The maximum atomic E-state index is 11.9. The molecule has 0 saturated carbocycles. The molecule has 0 radical (unpaired) electrons. The predicted octanol–water partition coefficient (Wildman–Crippen LogP) is 1.17. The van der Waals surface area contributed by atoms with Gasteiger partial charge in [0.25, 0.3) is 0 Å². The smallest absolute Gasteiger partial charge is 0.228 e. The number of pyridine rings is 1. The number of nitrogens with zero attached hydrogens (tertiary/aromatic N) is 5. The van der Waals surface area contributed by atoms with E-state index < -0.39 is 0 Å². The lowest BCUT2D eigenvalue weighted by atomic mass is 10.2. The monoisotopic (exact) mass is 297 g/mol. The number of hydrogen-bond acceptors (Lipinski definition) is 5. The molecule has 8 heteroatoms. The van der Waals surface area contributed by atoms with Crippen LogP contribution in [0.5, 0.6) is 0 Å². The Balaban J connectivity index is 1.58. The van der Waals surface area contributed by atoms with Gasteiger partial charge in [0.15, 0.2) is 5.82 Å². The fourth-order valence-corrected chi connectivity index (χ4v) is 2.02. The average molecular weight is 297 g/mol. The molecule has 3 aromatic rings. The summed E-state index contributed by atoms with van der Waals surface area (Å²) in [5.74, 6) is 1.64. The highest BCUT2D eigenvalue weighted by molar-refractivity contribution is 5.89. The summed E-state index contributed by atoms with van der Waals surface area (Å²) in [6.45, 7) is 0. The predicted molar refractivity (Wildman–Crippen MR) is 79.8 cm³/mol. The number of carbonyl (C=O) groups is 1. The van der Waals surface area contributed by atoms with Crippen LogP contribution < -0.4 is 5.32 Å². The number of nitrogens with one attached hydrogen (secondary N) is 2. The van der Waals surface area contributed by atoms with E-state index in [0.29, 0.717) is 24.6 Å². The van der Waals surface area contributed by atoms with E-state index in [2.05, 4.69) is 30.5 Å². The molecule has 1 amide bonds. The highest BCUT2D eigenvalue weighted by Crippen LogP contribution is 2.14. The lowest BCUT2D eigenvalue weighted by molar-refractivity contribution is -0.116. The number of aryl methyl sites for hydroxylation is 2. The first kappa shape index (κ1) is 13.9. The van der Waals surface area contributed by atoms with Gasteiger partial charge in [-0.25, -0.2) is 4.98 Å². The first-order chi connectivity index (χ1) is 10.7. The molecule has 0 bridgehead atoms. The van der Waals surface area contributed by atoms with Crippen molar-refractivity contribution in [2.24, 2.45) is 7.05 Å². The minimum atomic E-state index is -0.138. The maximum absolute atomic E-state index is 11.9. The van der Waals surface area contributed by atoms with Gasteiger partial charge in [-0.15, -0.1) is 10.2 Å². The van der Waals surface area contributed by atoms with Crippen molar-refractivity contribution in [3.63, 3.8) is 0 Å². The van der Waals surface area contributed by atoms with Crippen molar-refractivity contribution in [2.75, 3.05) is 5.32 Å². The summed E-state index contributed by atoms with van der Waals surface area (Å²) in [6.07, 6.45) is 7.80. The van der Waals surface area contributed by atoms with Crippen molar-refractivity contribution in [1.29, 1.82) is 0 Å². The topological polar surface area (TPSA) is 101 Å². The zero-order valence-electron chi connectivity index (χ0n) is 12.0. The summed E-state index contributed by atoms with van der Waals surface area (Å²) in [7, 11) is 1.90. The van der Waals surface area contributed by atoms with Gasteiger partial charge in [-0.3, -0.25) is 15.1 Å². The van der Waals surface area contributed by atoms with Gasteiger partial charge in [0.05, 0.1) is 0 Å². The van der Waals surface area contributed by atoms with Crippen LogP contribution in [0, 0.1) is 0 Å². The number of rotatable bonds is 5. The zero-order valence-corrected chi connectivity index (χ0v) is 12.0. The van der Waals surface area contributed by atoms with Crippen LogP contribution in [-0.4, -0.2) is 35.6 Å². The van der Waals surface area contributed by atoms with Gasteiger partial charge in [0.1, 0.15) is 5.82 Å². The third-order valence-electron chi connectivity index (χ3n) is 3.20. The van der Waals surface area contributed by atoms with Crippen molar-refractivity contribution in [2.45, 2.75) is 12.8 Å². The zero-order chi connectivity index (χ0) is 15.4. The van der Waals surface area contributed by atoms with E-state index >= 15 is 0 Å². The van der Waals surface area contributed by atoms with Gasteiger partial charge in [-0.05, 0) is 12.1 Å². The molecule has 2 N–H and O–H groups in total. The Morgan fingerprint density at radius 3 is 2.82 bits per heavy atom. The second-order valence-electron chi connectivity index (χ2n) is 4.76. The molecule has 22 heavy (non-hydrogen) atoms. The van der Waals surface area contributed by atoms with E-state index in [-0.39, 0.29) is 5.91 Å². The standard InChI is InChI=1S/C14H15N7O/c1-21-9-8-16-11(21)2-3-12(22)17-14-18-13(19-20-14)10-4-6-15-7-5-10/h4-9H,2-3H2,1H3,(H2,17,18,19,20,22). The molecule has 8 nitrogen and oxygen atoms in total. The first-order valence-corrected chi connectivity index (χ1v) is 6.81. The number of carbonyl (C=O) groups excluding carboxylic acids is 1. The fourth-order valence-electron chi connectivity index (χ4n) is 2.02. The summed E-state index contributed by atoms with van der Waals surface area (Å²) in [6, 6.07) is 3.63. The number of imidazole rings is 1. The molecular formula is C14H15N7O. The van der Waals surface area contributed by atoms with Crippen molar-refractivity contribution >= 4 is 11.9 Å². The third kappa shape index (κ3) is 3.17. The molecule has 0 fully saturated rings. The first-order valence-electron chi connectivity index (χ1n) is 6.81. The lowest BCUT2D eigenvalue weighted by Crippen LogP contribution is -2.14. The Hall–Kier alpha value is -3.03. The Morgan fingerprint density at radius 1 is 1.27 bits per heavy atom. The molecule has 112 valence electrons. The second-order valence-corrected chi connectivity index (χ2v) is 4.76. The SMILES string of the molecule is Cn1ccnc1CCC(=O)Nc1nnc(-c2ccncc2)[nH]1. The molecule has 0 spiro atoms. The van der Waals surface area contributed by atoms with Crippen LogP contribution in [0.1, 0.15) is 12.2 Å². The summed E-state index contributed by atoms with van der Waals surface area (Å²) in [5, 5.41) is 10.6. The van der Waals surface area contributed by atoms with Gasteiger partial charge in [0, 0.05) is 50.2 Å². The summed E-state index contributed by atoms with van der Waals surface area (Å²) >= 11 is 0. The van der Waals surface area contributed by atoms with Crippen molar-refractivity contribution in [1.82, 2.24) is 29.7 Å². The minimum Gasteiger partial charge on any atom is -0.338 e. The molecule has 3 aromatic heterocycles. The Bertz CT molecular complexity index is 762. The Kier molecular flexibility index (Phi) is 3.90. The van der Waals surface area contributed by atoms with Gasteiger partial charge in [0.2, 0.25) is 11.9 Å². The Labute approximate surface area is 126 Å². The van der Waals surface area contributed by atoms with Crippen LogP contribution in [-0.2, 0) is 18.3 Å². The number of amides is 1. The minimum absolute atomic E-state index is 0.138. The molecule has 0 aliphatic heterocycles. The third-order valence-corrected chi connectivity index (χ3v) is 3.20. The van der Waals surface area contributed by atoms with Gasteiger partial charge in [-0.2, -0.15) is 0 Å². The number of H-pyrrole nitrogens is 1. The van der Waals surface area contributed by atoms with E-state index in [1.54, 1.807) is 18.6 Å². The molecular weight excluding hydrogens is 282 g/mol. The van der Waals surface area contributed by atoms with E-state index in [0.717, 1.165) is 11.4 Å². The molecule has 0 atom stereocenters. The maximum Gasteiger partial charge on any atom is 0.228 e. The Morgan fingerprint density at radius 2 is 2.09 bits per heavy atom. The number of aromatic amines is 1. The molecule has 0 unspecified atom stereocenters. The van der Waals surface area contributed by atoms with Crippen LogP contribution in [0.15, 0.2) is 36.9 Å². The highest BCUT2D eigenvalue weighted by Gasteiger charge is 2.09. The molecule has 0 aliphatic carbocycles. The van der Waals surface area contributed by atoms with Crippen LogP contribution in [0.25, 0.3) is 11.4 Å². The highest BCUT2D eigenvalue weighted by atomic mass is 16.1. The summed E-state index contributed by atoms with van der Waals surface area (Å²) in [4.78, 5) is 23.0. The summed E-state index contributed by atoms with van der Waals surface area (Å²) in [5.41, 5.74) is 0.857. The van der Waals surface area contributed by atoms with E-state index in [1.165, 1.54) is 0 Å². The quantitative estimate of drug-likeness (QED) is 0.736. The number of aromatic nitrogens is 6. The number of hydrogen-bond donors (Lipinski definition) is 2. The molecule has 0 aliphatic rings. The van der Waals surface area contributed by atoms with E-state index in [4.69, 9.17) is 0 Å². The van der Waals surface area contributed by atoms with Crippen molar-refractivity contribution in [3.05, 3.63) is 42.7 Å². The van der Waals surface area contributed by atoms with Gasteiger partial charge < -0.3 is 9.55 Å². The average Bonchev–Trinajstić information content (AvgIpc) is 3.15. The van der Waals surface area contributed by atoms with E-state index in [1.807, 2.05) is 29.9 Å². The molecule has 3 rings (SSSR count). The van der Waals surface area contributed by atoms with Crippen molar-refractivity contribution in [3.8, 4) is 11.4 Å². The largest absolute Gasteiger partial charge is 0.338 e. The molecule has 0 aromatic carbocycles. The van der Waals surface area contributed by atoms with Crippen LogP contribution >= 0.6 is 0 Å². The van der Waals surface area contributed by atoms with Gasteiger partial charge >= 0.3 is 0 Å². The lowest BCUT2D eigenvalue weighted by Gasteiger charge is -2.02. The van der Waals surface area contributed by atoms with E-state index in [9.17, 15) is 4.79 Å².